The van der Waals surface area contributed by atoms with Gasteiger partial charge in [-0.15, -0.1) is 0 Å². The molecular weight excluding hydrogens is 385 g/mol. The predicted octanol–water partition coefficient (Wildman–Crippen LogP) is 4.87. The van der Waals surface area contributed by atoms with E-state index in [1.807, 2.05) is 13.8 Å². The van der Waals surface area contributed by atoms with Crippen LogP contribution in [0, 0.1) is 0 Å². The lowest BCUT2D eigenvalue weighted by molar-refractivity contribution is -0.137. The summed E-state index contributed by atoms with van der Waals surface area (Å²) < 4.78 is 40.7. The molecule has 152 valence electrons. The third-order valence-electron chi connectivity index (χ3n) is 4.89. The topological polar surface area (TPSA) is 80.0 Å². The van der Waals surface area contributed by atoms with Crippen molar-refractivity contribution in [2.75, 3.05) is 5.32 Å². The zero-order valence-corrected chi connectivity index (χ0v) is 15.8. The Labute approximate surface area is 164 Å². The van der Waals surface area contributed by atoms with Gasteiger partial charge in [0.25, 0.3) is 5.91 Å². The fraction of sp³-hybridized carbons (Fsp3) is 0.350. The lowest BCUT2D eigenvalue weighted by Crippen LogP contribution is -2.15. The van der Waals surface area contributed by atoms with E-state index >= 15 is 0 Å². The molecule has 1 aliphatic carbocycles. The first-order valence-electron chi connectivity index (χ1n) is 9.25. The van der Waals surface area contributed by atoms with E-state index in [4.69, 9.17) is 0 Å². The molecule has 29 heavy (non-hydrogen) atoms. The molecule has 1 saturated carbocycles. The molecule has 1 aliphatic rings. The first kappa shape index (κ1) is 19.2. The van der Waals surface area contributed by atoms with Crippen LogP contribution in [-0.4, -0.2) is 25.8 Å². The highest BCUT2D eigenvalue weighted by Crippen LogP contribution is 2.40. The van der Waals surface area contributed by atoms with Crippen molar-refractivity contribution in [1.82, 2.24) is 14.8 Å². The van der Waals surface area contributed by atoms with E-state index in [1.54, 1.807) is 10.7 Å². The molecule has 3 aromatic rings. The number of fused-ring (bicyclic) bond motifs is 1. The van der Waals surface area contributed by atoms with E-state index in [1.165, 1.54) is 6.20 Å². The third-order valence-corrected chi connectivity index (χ3v) is 4.89. The summed E-state index contributed by atoms with van der Waals surface area (Å²) in [6.45, 7) is 3.89. The number of aromatic nitrogens is 3. The molecule has 1 aromatic carbocycles. The number of benzene rings is 1. The van der Waals surface area contributed by atoms with Gasteiger partial charge in [-0.25, -0.2) is 9.67 Å². The molecule has 1 amide bonds. The van der Waals surface area contributed by atoms with Crippen LogP contribution in [0.2, 0.25) is 0 Å². The number of hydrogen-bond acceptors (Lipinski definition) is 4. The number of nitrogens with one attached hydrogen (secondary N) is 1. The number of aromatic hydroxyl groups is 1. The number of anilines is 1. The molecule has 0 bridgehead atoms. The number of carbonyl (C=O) groups is 1. The summed E-state index contributed by atoms with van der Waals surface area (Å²) in [6.07, 6.45) is -1.11. The lowest BCUT2D eigenvalue weighted by Gasteiger charge is -2.13. The number of hydrogen-bond donors (Lipinski definition) is 2. The molecule has 0 atom stereocenters. The van der Waals surface area contributed by atoms with Crippen LogP contribution >= 0.6 is 0 Å². The second-order valence-corrected chi connectivity index (χ2v) is 7.47. The molecule has 2 N–H and O–H groups in total. The number of pyridine rings is 1. The van der Waals surface area contributed by atoms with Gasteiger partial charge in [0.15, 0.2) is 5.65 Å². The predicted molar refractivity (Wildman–Crippen MR) is 101 cm³/mol. The quantitative estimate of drug-likeness (QED) is 0.608. The molecule has 0 aliphatic heterocycles. The average Bonchev–Trinajstić information content (AvgIpc) is 3.40. The van der Waals surface area contributed by atoms with Gasteiger partial charge in [0.2, 0.25) is 0 Å². The maximum atomic E-state index is 13.0. The zero-order chi connectivity index (χ0) is 20.9. The van der Waals surface area contributed by atoms with Gasteiger partial charge >= 0.3 is 6.18 Å². The molecule has 6 nitrogen and oxygen atoms in total. The smallest absolute Gasteiger partial charge is 0.416 e. The van der Waals surface area contributed by atoms with Crippen molar-refractivity contribution in [3.8, 4) is 5.75 Å². The summed E-state index contributed by atoms with van der Waals surface area (Å²) >= 11 is 0. The Hall–Kier alpha value is -3.10. The minimum Gasteiger partial charge on any atom is -0.506 e. The summed E-state index contributed by atoms with van der Waals surface area (Å²) in [6, 6.07) is 4.07. The Kier molecular flexibility index (Phi) is 4.48. The molecule has 2 heterocycles. The Morgan fingerprint density at radius 3 is 2.62 bits per heavy atom. The highest BCUT2D eigenvalue weighted by atomic mass is 19.4. The fourth-order valence-electron chi connectivity index (χ4n) is 3.19. The van der Waals surface area contributed by atoms with Gasteiger partial charge in [-0.05, 0) is 51.0 Å². The van der Waals surface area contributed by atoms with Crippen LogP contribution in [0.25, 0.3) is 11.0 Å². The number of phenolic OH excluding ortho intramolecular Hbond substituents is 1. The van der Waals surface area contributed by atoms with Gasteiger partial charge in [-0.2, -0.15) is 18.3 Å². The molecule has 0 unspecified atom stereocenters. The highest BCUT2D eigenvalue weighted by Gasteiger charge is 2.32. The Morgan fingerprint density at radius 1 is 1.28 bits per heavy atom. The highest BCUT2D eigenvalue weighted by molar-refractivity contribution is 6.12. The maximum absolute atomic E-state index is 13.0. The number of carbonyl (C=O) groups excluding carboxylic acids is 1. The van der Waals surface area contributed by atoms with Gasteiger partial charge in [-0.1, -0.05) is 0 Å². The fourth-order valence-corrected chi connectivity index (χ4v) is 3.19. The van der Waals surface area contributed by atoms with E-state index in [0.29, 0.717) is 17.1 Å². The first-order valence-corrected chi connectivity index (χ1v) is 9.25. The van der Waals surface area contributed by atoms with E-state index in [-0.39, 0.29) is 23.2 Å². The van der Waals surface area contributed by atoms with Gasteiger partial charge in [-0.3, -0.25) is 4.79 Å². The molecule has 0 saturated heterocycles. The van der Waals surface area contributed by atoms with E-state index < -0.39 is 23.4 Å². The standard InChI is InChI=1S/C20H19F3N4O2/c1-10(2)27-18-14(9-24-27)13(8-15(25-18)11-3-4-11)19(29)26-16-7-12(20(21,22)23)5-6-17(16)28/h5-11,28H,3-4H2,1-2H3,(H,26,29). The Bertz CT molecular complexity index is 1100. The van der Waals surface area contributed by atoms with Crippen molar-refractivity contribution in [1.29, 1.82) is 0 Å². The maximum Gasteiger partial charge on any atom is 0.416 e. The molecule has 0 spiro atoms. The van der Waals surface area contributed by atoms with Crippen molar-refractivity contribution in [2.45, 2.75) is 44.8 Å². The van der Waals surface area contributed by atoms with Crippen LogP contribution < -0.4 is 5.32 Å². The second-order valence-electron chi connectivity index (χ2n) is 7.47. The zero-order valence-electron chi connectivity index (χ0n) is 15.8. The molecule has 0 radical (unpaired) electrons. The molecule has 9 heteroatoms. The van der Waals surface area contributed by atoms with Crippen LogP contribution in [0.4, 0.5) is 18.9 Å². The molecular formula is C20H19F3N4O2. The SMILES string of the molecule is CC(C)n1ncc2c(C(=O)Nc3cc(C(F)(F)F)ccc3O)cc(C3CC3)nc21. The number of amides is 1. The normalized spacial score (nSPS) is 14.6. The molecule has 2 aromatic heterocycles. The summed E-state index contributed by atoms with van der Waals surface area (Å²) in [7, 11) is 0. The van der Waals surface area contributed by atoms with Gasteiger partial charge in [0.1, 0.15) is 5.75 Å². The number of phenols is 1. The molecule has 1 fully saturated rings. The number of halogens is 3. The van der Waals surface area contributed by atoms with Gasteiger partial charge < -0.3 is 10.4 Å². The summed E-state index contributed by atoms with van der Waals surface area (Å²) in [5.74, 6) is -0.808. The number of rotatable bonds is 4. The largest absolute Gasteiger partial charge is 0.506 e. The van der Waals surface area contributed by atoms with Crippen molar-refractivity contribution in [3.05, 3.63) is 47.3 Å². The minimum absolute atomic E-state index is 0.0258. The van der Waals surface area contributed by atoms with Crippen LogP contribution in [0.3, 0.4) is 0 Å². The number of nitrogens with zero attached hydrogens (tertiary/aromatic N) is 3. The van der Waals surface area contributed by atoms with E-state index in [0.717, 1.165) is 30.7 Å². The van der Waals surface area contributed by atoms with Crippen molar-refractivity contribution < 1.29 is 23.1 Å². The van der Waals surface area contributed by atoms with E-state index in [9.17, 15) is 23.1 Å². The van der Waals surface area contributed by atoms with Crippen LogP contribution in [-0.2, 0) is 6.18 Å². The summed E-state index contributed by atoms with van der Waals surface area (Å²) in [5, 5.41) is 17.1. The lowest BCUT2D eigenvalue weighted by atomic mass is 10.1. The Morgan fingerprint density at radius 2 is 2.00 bits per heavy atom. The second kappa shape index (κ2) is 6.75. The average molecular weight is 404 g/mol. The van der Waals surface area contributed by atoms with Crippen LogP contribution in [0.5, 0.6) is 5.75 Å². The minimum atomic E-state index is -4.59. The summed E-state index contributed by atoms with van der Waals surface area (Å²) in [5.41, 5.74) is 0.317. The first-order chi connectivity index (χ1) is 13.6. The van der Waals surface area contributed by atoms with Crippen LogP contribution in [0.1, 0.15) is 60.3 Å². The Balaban J connectivity index is 1.76. The van der Waals surface area contributed by atoms with Crippen molar-refractivity contribution in [3.63, 3.8) is 0 Å². The van der Waals surface area contributed by atoms with Crippen LogP contribution in [0.15, 0.2) is 30.5 Å². The van der Waals surface area contributed by atoms with E-state index in [2.05, 4.69) is 15.4 Å². The van der Waals surface area contributed by atoms with Crippen molar-refractivity contribution >= 4 is 22.6 Å². The van der Waals surface area contributed by atoms with Gasteiger partial charge in [0.05, 0.1) is 28.4 Å². The van der Waals surface area contributed by atoms with Gasteiger partial charge in [0, 0.05) is 17.7 Å². The third kappa shape index (κ3) is 3.64. The molecule has 4 rings (SSSR count). The summed E-state index contributed by atoms with van der Waals surface area (Å²) in [4.78, 5) is 17.6. The van der Waals surface area contributed by atoms with Crippen molar-refractivity contribution in [2.24, 2.45) is 0 Å². The number of alkyl halides is 3. The monoisotopic (exact) mass is 404 g/mol.